The zero-order chi connectivity index (χ0) is 14.8. The molecule has 0 bridgehead atoms. The molecule has 1 saturated heterocycles. The number of nitrogens with zero attached hydrogens (tertiary/aromatic N) is 5. The molecule has 0 radical (unpaired) electrons. The summed E-state index contributed by atoms with van der Waals surface area (Å²) in [5.41, 5.74) is 2.15. The summed E-state index contributed by atoms with van der Waals surface area (Å²) in [6.07, 6.45) is 3.34. The van der Waals surface area contributed by atoms with Gasteiger partial charge in [-0.15, -0.1) is 0 Å². The van der Waals surface area contributed by atoms with Crippen molar-refractivity contribution in [3.05, 3.63) is 29.8 Å². The Morgan fingerprint density at radius 2 is 1.95 bits per heavy atom. The largest absolute Gasteiger partial charge is 0.343 e. The smallest absolute Gasteiger partial charge is 0.320 e. The van der Waals surface area contributed by atoms with E-state index in [4.69, 9.17) is 0 Å². The first-order valence-corrected chi connectivity index (χ1v) is 7.49. The second kappa shape index (κ2) is 5.71. The van der Waals surface area contributed by atoms with Crippen LogP contribution in [-0.2, 0) is 0 Å². The van der Waals surface area contributed by atoms with E-state index in [0.717, 1.165) is 25.1 Å². The number of hydrogen-bond acceptors (Lipinski definition) is 4. The Hall–Kier alpha value is -2.11. The molecule has 21 heavy (non-hydrogen) atoms. The molecule has 2 aliphatic heterocycles. The van der Waals surface area contributed by atoms with E-state index < -0.39 is 0 Å². The zero-order valence-electron chi connectivity index (χ0n) is 12.6. The molecule has 0 spiro atoms. The lowest BCUT2D eigenvalue weighted by Crippen LogP contribution is -2.48. The van der Waals surface area contributed by atoms with Crippen molar-refractivity contribution >= 4 is 11.7 Å². The van der Waals surface area contributed by atoms with Crippen molar-refractivity contribution in [2.45, 2.75) is 39.2 Å². The summed E-state index contributed by atoms with van der Waals surface area (Å²) in [7, 11) is 0. The van der Waals surface area contributed by atoms with Crippen molar-refractivity contribution < 1.29 is 4.79 Å². The highest BCUT2D eigenvalue weighted by Crippen LogP contribution is 2.23. The van der Waals surface area contributed by atoms with Gasteiger partial charge in [0.1, 0.15) is 6.67 Å². The molecule has 0 saturated carbocycles. The van der Waals surface area contributed by atoms with Gasteiger partial charge in [0.2, 0.25) is 0 Å². The summed E-state index contributed by atoms with van der Waals surface area (Å²) >= 11 is 0. The number of aryl methyl sites for hydroxylation is 1. The molecule has 2 aliphatic rings. The Morgan fingerprint density at radius 1 is 1.19 bits per heavy atom. The number of carbonyl (C=O) groups is 1. The maximum Gasteiger partial charge on any atom is 0.343 e. The highest BCUT2D eigenvalue weighted by atomic mass is 16.2. The topological polar surface area (TPSA) is 51.5 Å². The second-order valence-corrected chi connectivity index (χ2v) is 5.78. The third-order valence-electron chi connectivity index (χ3n) is 4.13. The van der Waals surface area contributed by atoms with Crippen molar-refractivity contribution in [3.63, 3.8) is 0 Å². The van der Waals surface area contributed by atoms with Crippen LogP contribution in [0, 0.1) is 6.92 Å². The predicted molar refractivity (Wildman–Crippen MR) is 80.6 cm³/mol. The van der Waals surface area contributed by atoms with E-state index in [2.05, 4.69) is 17.4 Å². The fourth-order valence-corrected chi connectivity index (χ4v) is 2.76. The Balaban J connectivity index is 1.65. The third kappa shape index (κ3) is 2.84. The number of piperidine rings is 1. The predicted octanol–water partition coefficient (Wildman–Crippen LogP) is 3.35. The normalized spacial score (nSPS) is 22.0. The zero-order valence-corrected chi connectivity index (χ0v) is 12.6. The van der Waals surface area contributed by atoms with E-state index >= 15 is 0 Å². The molecule has 0 N–H and O–H groups in total. The van der Waals surface area contributed by atoms with Crippen molar-refractivity contribution in [2.24, 2.45) is 10.4 Å². The van der Waals surface area contributed by atoms with E-state index in [0.29, 0.717) is 6.67 Å². The van der Waals surface area contributed by atoms with Gasteiger partial charge in [0.25, 0.3) is 0 Å². The number of urea groups is 1. The first-order chi connectivity index (χ1) is 10.1. The highest BCUT2D eigenvalue weighted by Gasteiger charge is 2.31. The van der Waals surface area contributed by atoms with Gasteiger partial charge in [-0.25, -0.2) is 9.80 Å². The van der Waals surface area contributed by atoms with Gasteiger partial charge in [-0.3, -0.25) is 0 Å². The molecule has 6 nitrogen and oxygen atoms in total. The molecule has 1 aromatic rings. The van der Waals surface area contributed by atoms with E-state index in [9.17, 15) is 4.79 Å². The van der Waals surface area contributed by atoms with Gasteiger partial charge in [-0.05, 0) is 55.7 Å². The van der Waals surface area contributed by atoms with Gasteiger partial charge in [-0.2, -0.15) is 5.01 Å². The summed E-state index contributed by atoms with van der Waals surface area (Å²) in [4.78, 5) is 14.4. The number of carbonyl (C=O) groups excluding carboxylic acids is 1. The number of hydrogen-bond donors (Lipinski definition) is 0. The molecule has 1 aromatic carbocycles. The Labute approximate surface area is 125 Å². The molecule has 3 rings (SSSR count). The fourth-order valence-electron chi connectivity index (χ4n) is 2.76. The highest BCUT2D eigenvalue weighted by molar-refractivity contribution is 5.75. The fraction of sp³-hybridized carbons (Fsp3) is 0.533. The van der Waals surface area contributed by atoms with Gasteiger partial charge in [0.05, 0.1) is 5.69 Å². The van der Waals surface area contributed by atoms with Crippen molar-refractivity contribution in [2.75, 3.05) is 18.2 Å². The van der Waals surface area contributed by atoms with Gasteiger partial charge in [-0.1, -0.05) is 17.7 Å². The number of benzene rings is 1. The molecule has 1 fully saturated rings. The molecule has 0 aliphatic carbocycles. The lowest BCUT2D eigenvalue weighted by Gasteiger charge is -2.34. The van der Waals surface area contributed by atoms with Crippen LogP contribution < -0.4 is 5.01 Å². The molecular formula is C15H21N5O. The standard InChI is InChI=1S/C15H21N5O/c1-12-6-8-14(9-7-12)19-11-20(17-16-19)15(21)18-10-4-3-5-13(18)2/h6-9,13H,3-5,10-11H2,1-2H3. The molecule has 0 aromatic heterocycles. The van der Waals surface area contributed by atoms with Gasteiger partial charge in [0, 0.05) is 12.6 Å². The van der Waals surface area contributed by atoms with Crippen LogP contribution in [-0.4, -0.2) is 35.2 Å². The van der Waals surface area contributed by atoms with Crippen LogP contribution in [0.25, 0.3) is 0 Å². The summed E-state index contributed by atoms with van der Waals surface area (Å²) < 4.78 is 0. The average molecular weight is 287 g/mol. The maximum absolute atomic E-state index is 12.5. The van der Waals surface area contributed by atoms with E-state index in [1.807, 2.05) is 36.1 Å². The van der Waals surface area contributed by atoms with Crippen LogP contribution in [0.3, 0.4) is 0 Å². The van der Waals surface area contributed by atoms with Gasteiger partial charge in [0.15, 0.2) is 0 Å². The summed E-state index contributed by atoms with van der Waals surface area (Å²) in [6.45, 7) is 5.34. The van der Waals surface area contributed by atoms with Crippen LogP contribution in [0.15, 0.2) is 34.7 Å². The molecule has 1 unspecified atom stereocenters. The van der Waals surface area contributed by atoms with Crippen molar-refractivity contribution in [1.29, 1.82) is 0 Å². The van der Waals surface area contributed by atoms with Crippen LogP contribution in [0.2, 0.25) is 0 Å². The summed E-state index contributed by atoms with van der Waals surface area (Å²) in [6, 6.07) is 8.29. The first-order valence-electron chi connectivity index (χ1n) is 7.49. The third-order valence-corrected chi connectivity index (χ3v) is 4.13. The minimum atomic E-state index is -0.0411. The lowest BCUT2D eigenvalue weighted by atomic mass is 10.0. The molecule has 1 atom stereocenters. The summed E-state index contributed by atoms with van der Waals surface area (Å²) in [5.74, 6) is 0. The summed E-state index contributed by atoms with van der Waals surface area (Å²) in [5, 5.41) is 11.3. The van der Waals surface area contributed by atoms with E-state index in [-0.39, 0.29) is 12.1 Å². The van der Waals surface area contributed by atoms with Gasteiger partial charge < -0.3 is 4.90 Å². The Kier molecular flexibility index (Phi) is 3.77. The van der Waals surface area contributed by atoms with Crippen molar-refractivity contribution in [3.8, 4) is 0 Å². The van der Waals surface area contributed by atoms with Gasteiger partial charge >= 0.3 is 6.03 Å². The lowest BCUT2D eigenvalue weighted by molar-refractivity contribution is 0.125. The van der Waals surface area contributed by atoms with Crippen LogP contribution in [0.4, 0.5) is 10.5 Å². The van der Waals surface area contributed by atoms with E-state index in [1.165, 1.54) is 17.0 Å². The monoisotopic (exact) mass is 287 g/mol. The molecule has 2 amide bonds. The van der Waals surface area contributed by atoms with Crippen molar-refractivity contribution in [1.82, 2.24) is 9.91 Å². The Morgan fingerprint density at radius 3 is 2.67 bits per heavy atom. The van der Waals surface area contributed by atoms with Crippen LogP contribution in [0.1, 0.15) is 31.7 Å². The number of anilines is 1. The number of rotatable bonds is 1. The van der Waals surface area contributed by atoms with Crippen LogP contribution in [0.5, 0.6) is 0 Å². The number of likely N-dealkylation sites (tertiary alicyclic amines) is 1. The second-order valence-electron chi connectivity index (χ2n) is 5.78. The average Bonchev–Trinajstić information content (AvgIpc) is 2.98. The van der Waals surface area contributed by atoms with Crippen LogP contribution >= 0.6 is 0 Å². The SMILES string of the molecule is Cc1ccc(N2CN(C(=O)N3CCCCC3C)N=N2)cc1. The molecule has 6 heteroatoms. The number of amides is 2. The minimum absolute atomic E-state index is 0.0411. The first kappa shape index (κ1) is 13.9. The molecule has 2 heterocycles. The maximum atomic E-state index is 12.5. The Bertz CT molecular complexity index is 541. The molecular weight excluding hydrogens is 266 g/mol. The molecule has 112 valence electrons. The van der Waals surface area contributed by atoms with E-state index in [1.54, 1.807) is 5.01 Å². The minimum Gasteiger partial charge on any atom is -0.320 e. The quantitative estimate of drug-likeness (QED) is 0.795.